The number of nitrogens with one attached hydrogen (secondary N) is 1. The summed E-state index contributed by atoms with van der Waals surface area (Å²) < 4.78 is 14.0. The van der Waals surface area contributed by atoms with Crippen molar-refractivity contribution in [1.29, 1.82) is 0 Å². The fourth-order valence-electron chi connectivity index (χ4n) is 1.51. The molecule has 0 aliphatic carbocycles. The van der Waals surface area contributed by atoms with Gasteiger partial charge in [-0.3, -0.25) is 4.79 Å². The Morgan fingerprint density at radius 1 is 1.22 bits per heavy atom. The first-order valence-electron chi connectivity index (χ1n) is 5.17. The first-order valence-corrected chi connectivity index (χ1v) is 5.97. The molecular formula is C13H10BrFN2O. The highest BCUT2D eigenvalue weighted by Crippen LogP contribution is 2.17. The number of hydrogen-bond donors (Lipinski definition) is 2. The van der Waals surface area contributed by atoms with E-state index in [0.717, 1.165) is 16.6 Å². The number of carbonyl (C=O) groups excluding carboxylic acids is 1. The molecule has 0 bridgehead atoms. The van der Waals surface area contributed by atoms with Gasteiger partial charge in [0.05, 0.1) is 0 Å². The van der Waals surface area contributed by atoms with E-state index >= 15 is 0 Å². The number of benzene rings is 2. The summed E-state index contributed by atoms with van der Waals surface area (Å²) in [5, 5.41) is 2.66. The lowest BCUT2D eigenvalue weighted by atomic mass is 10.2. The van der Waals surface area contributed by atoms with Crippen LogP contribution in [0.15, 0.2) is 46.9 Å². The third-order valence-corrected chi connectivity index (χ3v) is 2.76. The molecule has 0 spiro atoms. The topological polar surface area (TPSA) is 55.1 Å². The normalized spacial score (nSPS) is 10.1. The largest absolute Gasteiger partial charge is 0.399 e. The van der Waals surface area contributed by atoms with E-state index in [1.165, 1.54) is 6.07 Å². The third-order valence-electron chi connectivity index (χ3n) is 2.26. The highest BCUT2D eigenvalue weighted by atomic mass is 79.9. The predicted molar refractivity (Wildman–Crippen MR) is 72.9 cm³/mol. The van der Waals surface area contributed by atoms with E-state index in [-0.39, 0.29) is 11.3 Å². The average molecular weight is 309 g/mol. The highest BCUT2D eigenvalue weighted by Gasteiger charge is 2.08. The molecular weight excluding hydrogens is 299 g/mol. The molecule has 0 saturated heterocycles. The van der Waals surface area contributed by atoms with Crippen molar-refractivity contribution in [1.82, 2.24) is 0 Å². The van der Waals surface area contributed by atoms with Gasteiger partial charge in [0.25, 0.3) is 5.91 Å². The Morgan fingerprint density at radius 3 is 2.67 bits per heavy atom. The van der Waals surface area contributed by atoms with Crippen LogP contribution in [0.3, 0.4) is 0 Å². The van der Waals surface area contributed by atoms with Crippen LogP contribution in [0.5, 0.6) is 0 Å². The van der Waals surface area contributed by atoms with Crippen molar-refractivity contribution >= 4 is 33.2 Å². The molecule has 0 aliphatic rings. The Morgan fingerprint density at radius 2 is 2.00 bits per heavy atom. The molecule has 2 aromatic rings. The van der Waals surface area contributed by atoms with E-state index in [4.69, 9.17) is 5.73 Å². The smallest absolute Gasteiger partial charge is 0.255 e. The summed E-state index contributed by atoms with van der Waals surface area (Å²) in [5.74, 6) is -0.936. The lowest BCUT2D eigenvalue weighted by Gasteiger charge is -2.06. The molecule has 0 aromatic heterocycles. The van der Waals surface area contributed by atoms with Crippen molar-refractivity contribution in [3.63, 3.8) is 0 Å². The van der Waals surface area contributed by atoms with Gasteiger partial charge in [0.15, 0.2) is 0 Å². The van der Waals surface area contributed by atoms with Crippen LogP contribution in [0.2, 0.25) is 0 Å². The maximum Gasteiger partial charge on any atom is 0.255 e. The molecule has 92 valence electrons. The van der Waals surface area contributed by atoms with E-state index in [1.54, 1.807) is 18.2 Å². The number of nitrogen functional groups attached to an aromatic ring is 1. The molecule has 0 atom stereocenters. The molecule has 0 radical (unpaired) electrons. The minimum absolute atomic E-state index is 0.187. The number of halogens is 2. The lowest BCUT2D eigenvalue weighted by Crippen LogP contribution is -2.12. The molecule has 1 amide bonds. The minimum Gasteiger partial charge on any atom is -0.399 e. The molecule has 0 saturated carbocycles. The Bertz CT molecular complexity index is 581. The molecule has 0 heterocycles. The molecule has 3 nitrogen and oxygen atoms in total. The Labute approximate surface area is 112 Å². The van der Waals surface area contributed by atoms with Gasteiger partial charge in [-0.05, 0) is 36.4 Å². The van der Waals surface area contributed by atoms with Gasteiger partial charge in [-0.15, -0.1) is 0 Å². The molecule has 2 aromatic carbocycles. The standard InChI is InChI=1S/C13H10BrFN2O/c14-9-2-1-3-12(6-9)17-13(18)8-4-10(15)7-11(16)5-8/h1-7H,16H2,(H,17,18). The van der Waals surface area contributed by atoms with Crippen molar-refractivity contribution in [2.75, 3.05) is 11.1 Å². The highest BCUT2D eigenvalue weighted by molar-refractivity contribution is 9.10. The van der Waals surface area contributed by atoms with Crippen LogP contribution in [0.25, 0.3) is 0 Å². The number of amides is 1. The zero-order valence-corrected chi connectivity index (χ0v) is 10.9. The van der Waals surface area contributed by atoms with Crippen LogP contribution in [-0.2, 0) is 0 Å². The number of rotatable bonds is 2. The number of anilines is 2. The fraction of sp³-hybridized carbons (Fsp3) is 0. The van der Waals surface area contributed by atoms with Crippen LogP contribution in [0, 0.1) is 5.82 Å². The Kier molecular flexibility index (Phi) is 3.62. The number of hydrogen-bond acceptors (Lipinski definition) is 2. The number of carbonyl (C=O) groups is 1. The molecule has 0 aliphatic heterocycles. The third kappa shape index (κ3) is 3.07. The van der Waals surface area contributed by atoms with E-state index in [1.807, 2.05) is 6.07 Å². The maximum atomic E-state index is 13.1. The summed E-state index contributed by atoms with van der Waals surface area (Å²) in [4.78, 5) is 11.9. The predicted octanol–water partition coefficient (Wildman–Crippen LogP) is 3.42. The van der Waals surface area contributed by atoms with Gasteiger partial charge in [-0.2, -0.15) is 0 Å². The van der Waals surface area contributed by atoms with E-state index < -0.39 is 11.7 Å². The van der Waals surface area contributed by atoms with Gasteiger partial charge < -0.3 is 11.1 Å². The van der Waals surface area contributed by atoms with Gasteiger partial charge in [0, 0.05) is 21.4 Å². The summed E-state index contributed by atoms with van der Waals surface area (Å²) in [6.07, 6.45) is 0. The number of nitrogens with two attached hydrogens (primary N) is 1. The van der Waals surface area contributed by atoms with Crippen LogP contribution in [-0.4, -0.2) is 5.91 Å². The second kappa shape index (κ2) is 5.18. The molecule has 3 N–H and O–H groups in total. The van der Waals surface area contributed by atoms with E-state index in [9.17, 15) is 9.18 Å². The zero-order chi connectivity index (χ0) is 13.1. The monoisotopic (exact) mass is 308 g/mol. The van der Waals surface area contributed by atoms with Crippen molar-refractivity contribution in [3.05, 3.63) is 58.3 Å². The summed E-state index contributed by atoms with van der Waals surface area (Å²) in [6, 6.07) is 10.9. The Balaban J connectivity index is 2.22. The minimum atomic E-state index is -0.533. The van der Waals surface area contributed by atoms with Gasteiger partial charge in [0.1, 0.15) is 5.82 Å². The average Bonchev–Trinajstić information content (AvgIpc) is 2.27. The summed E-state index contributed by atoms with van der Waals surface area (Å²) in [5.41, 5.74) is 6.51. The fourth-order valence-corrected chi connectivity index (χ4v) is 1.91. The zero-order valence-electron chi connectivity index (χ0n) is 9.28. The van der Waals surface area contributed by atoms with Crippen molar-refractivity contribution in [2.24, 2.45) is 0 Å². The van der Waals surface area contributed by atoms with Gasteiger partial charge in [-0.1, -0.05) is 22.0 Å². The van der Waals surface area contributed by atoms with Crippen LogP contribution >= 0.6 is 15.9 Å². The molecule has 5 heteroatoms. The van der Waals surface area contributed by atoms with E-state index in [2.05, 4.69) is 21.2 Å². The van der Waals surface area contributed by atoms with Gasteiger partial charge in [-0.25, -0.2) is 4.39 Å². The molecule has 0 fully saturated rings. The van der Waals surface area contributed by atoms with Crippen LogP contribution < -0.4 is 11.1 Å². The summed E-state index contributed by atoms with van der Waals surface area (Å²) in [6.45, 7) is 0. The SMILES string of the molecule is Nc1cc(F)cc(C(=O)Nc2cccc(Br)c2)c1. The maximum absolute atomic E-state index is 13.1. The van der Waals surface area contributed by atoms with Crippen LogP contribution in [0.1, 0.15) is 10.4 Å². The van der Waals surface area contributed by atoms with E-state index in [0.29, 0.717) is 5.69 Å². The van der Waals surface area contributed by atoms with Gasteiger partial charge in [0.2, 0.25) is 0 Å². The molecule has 18 heavy (non-hydrogen) atoms. The van der Waals surface area contributed by atoms with Crippen molar-refractivity contribution < 1.29 is 9.18 Å². The van der Waals surface area contributed by atoms with Crippen molar-refractivity contribution in [2.45, 2.75) is 0 Å². The summed E-state index contributed by atoms with van der Waals surface area (Å²) >= 11 is 3.30. The van der Waals surface area contributed by atoms with Gasteiger partial charge >= 0.3 is 0 Å². The lowest BCUT2D eigenvalue weighted by molar-refractivity contribution is 0.102. The summed E-state index contributed by atoms with van der Waals surface area (Å²) in [7, 11) is 0. The molecule has 2 rings (SSSR count). The van der Waals surface area contributed by atoms with Crippen molar-refractivity contribution in [3.8, 4) is 0 Å². The Hall–Kier alpha value is -1.88. The molecule has 0 unspecified atom stereocenters. The van der Waals surface area contributed by atoms with Crippen LogP contribution in [0.4, 0.5) is 15.8 Å². The first kappa shape index (κ1) is 12.6. The quantitative estimate of drug-likeness (QED) is 0.835. The first-order chi connectivity index (χ1) is 8.54. The second-order valence-corrected chi connectivity index (χ2v) is 4.65. The second-order valence-electron chi connectivity index (χ2n) is 3.74.